The van der Waals surface area contributed by atoms with Crippen LogP contribution in [0.15, 0.2) is 18.3 Å². The van der Waals surface area contributed by atoms with Crippen LogP contribution < -0.4 is 5.32 Å². The van der Waals surface area contributed by atoms with E-state index in [4.69, 9.17) is 5.11 Å². The van der Waals surface area contributed by atoms with Crippen LogP contribution in [0.5, 0.6) is 0 Å². The molecule has 8 heteroatoms. The quantitative estimate of drug-likeness (QED) is 0.770. The van der Waals surface area contributed by atoms with Gasteiger partial charge in [0, 0.05) is 6.26 Å². The van der Waals surface area contributed by atoms with Gasteiger partial charge >= 0.3 is 5.97 Å². The Kier molecular flexibility index (Phi) is 3.79. The van der Waals surface area contributed by atoms with Crippen molar-refractivity contribution in [3.8, 4) is 0 Å². The van der Waals surface area contributed by atoms with Gasteiger partial charge in [-0.05, 0) is 12.1 Å². The predicted octanol–water partition coefficient (Wildman–Crippen LogP) is -0.237. The van der Waals surface area contributed by atoms with E-state index in [2.05, 4.69) is 10.3 Å². The van der Waals surface area contributed by atoms with Crippen molar-refractivity contribution < 1.29 is 23.1 Å². The van der Waals surface area contributed by atoms with E-state index in [9.17, 15) is 18.0 Å². The van der Waals surface area contributed by atoms with Crippen molar-refractivity contribution in [3.05, 3.63) is 24.0 Å². The van der Waals surface area contributed by atoms with Crippen LogP contribution in [0.25, 0.3) is 0 Å². The first-order chi connectivity index (χ1) is 7.78. The Hall–Kier alpha value is -1.96. The molecule has 0 saturated heterocycles. The lowest BCUT2D eigenvalue weighted by Gasteiger charge is -2.03. The number of aromatic carboxylic acids is 1. The molecule has 0 aliphatic rings. The van der Waals surface area contributed by atoms with Crippen LogP contribution in [0.3, 0.4) is 0 Å². The normalized spacial score (nSPS) is 10.9. The molecule has 1 amide bonds. The van der Waals surface area contributed by atoms with E-state index in [1.54, 1.807) is 0 Å². The van der Waals surface area contributed by atoms with Crippen molar-refractivity contribution in [2.24, 2.45) is 0 Å². The first-order valence-electron chi connectivity index (χ1n) is 4.45. The molecule has 2 N–H and O–H groups in total. The number of rotatable bonds is 4. The van der Waals surface area contributed by atoms with Crippen molar-refractivity contribution in [2.45, 2.75) is 0 Å². The van der Waals surface area contributed by atoms with Gasteiger partial charge in [0.25, 0.3) is 0 Å². The maximum atomic E-state index is 11.2. The molecule has 0 aliphatic heterocycles. The van der Waals surface area contributed by atoms with Crippen LogP contribution in [0.2, 0.25) is 0 Å². The minimum Gasteiger partial charge on any atom is -0.477 e. The third kappa shape index (κ3) is 4.60. The van der Waals surface area contributed by atoms with Gasteiger partial charge in [0.1, 0.15) is 11.4 Å². The molecule has 1 rings (SSSR count). The molecule has 0 unspecified atom stereocenters. The molecule has 0 bridgehead atoms. The minimum atomic E-state index is -3.39. The van der Waals surface area contributed by atoms with Crippen LogP contribution in [0.1, 0.15) is 10.5 Å². The van der Waals surface area contributed by atoms with E-state index in [-0.39, 0.29) is 11.4 Å². The summed E-state index contributed by atoms with van der Waals surface area (Å²) in [5.74, 6) is -2.51. The number of nitrogens with zero attached hydrogens (tertiary/aromatic N) is 1. The number of pyridine rings is 1. The van der Waals surface area contributed by atoms with Gasteiger partial charge in [-0.15, -0.1) is 0 Å². The Labute approximate surface area is 97.4 Å². The number of anilines is 1. The number of hydrogen-bond acceptors (Lipinski definition) is 5. The summed E-state index contributed by atoms with van der Waals surface area (Å²) >= 11 is 0. The Bertz CT molecular complexity index is 535. The molecule has 0 aliphatic carbocycles. The average Bonchev–Trinajstić information content (AvgIpc) is 2.15. The minimum absolute atomic E-state index is 0.161. The third-order valence-corrected chi connectivity index (χ3v) is 2.45. The van der Waals surface area contributed by atoms with Gasteiger partial charge in [0.2, 0.25) is 5.91 Å². The first kappa shape index (κ1) is 13.1. The molecule has 1 aromatic rings. The molecule has 1 heterocycles. The summed E-state index contributed by atoms with van der Waals surface area (Å²) in [6.07, 6.45) is 2.09. The van der Waals surface area contributed by atoms with Crippen LogP contribution >= 0.6 is 0 Å². The zero-order valence-corrected chi connectivity index (χ0v) is 9.69. The monoisotopic (exact) mass is 258 g/mol. The number of carbonyl (C=O) groups is 2. The van der Waals surface area contributed by atoms with Crippen molar-refractivity contribution >= 4 is 27.4 Å². The summed E-state index contributed by atoms with van der Waals surface area (Å²) < 4.78 is 21.6. The second-order valence-corrected chi connectivity index (χ2v) is 5.50. The van der Waals surface area contributed by atoms with Crippen molar-refractivity contribution in [1.29, 1.82) is 0 Å². The SMILES string of the molecule is CS(=O)(=O)CC(=O)Nc1ccc(C(=O)O)nc1. The standard InChI is InChI=1S/C9H10N2O5S/c1-17(15,16)5-8(12)11-6-2-3-7(9(13)14)10-4-6/h2-4H,5H2,1H3,(H,11,12)(H,13,14). The Morgan fingerprint density at radius 1 is 1.41 bits per heavy atom. The van der Waals surface area contributed by atoms with Crippen LogP contribution in [-0.2, 0) is 14.6 Å². The van der Waals surface area contributed by atoms with Gasteiger partial charge in [0.05, 0.1) is 11.9 Å². The van der Waals surface area contributed by atoms with E-state index in [1.807, 2.05) is 0 Å². The molecule has 1 aromatic heterocycles. The second-order valence-electron chi connectivity index (χ2n) is 3.36. The number of amides is 1. The zero-order valence-electron chi connectivity index (χ0n) is 8.87. The van der Waals surface area contributed by atoms with Gasteiger partial charge in [-0.25, -0.2) is 18.2 Å². The number of carbonyl (C=O) groups excluding carboxylic acids is 1. The van der Waals surface area contributed by atoms with Gasteiger partial charge in [-0.1, -0.05) is 0 Å². The molecule has 0 atom stereocenters. The number of carboxylic acid groups (broad SMARTS) is 1. The van der Waals surface area contributed by atoms with Crippen LogP contribution in [0.4, 0.5) is 5.69 Å². The summed E-state index contributed by atoms with van der Waals surface area (Å²) in [7, 11) is -3.39. The van der Waals surface area contributed by atoms with Gasteiger partial charge < -0.3 is 10.4 Å². The lowest BCUT2D eigenvalue weighted by Crippen LogP contribution is -2.22. The fourth-order valence-electron chi connectivity index (χ4n) is 1.03. The highest BCUT2D eigenvalue weighted by molar-refractivity contribution is 7.91. The smallest absolute Gasteiger partial charge is 0.354 e. The second kappa shape index (κ2) is 4.91. The summed E-state index contributed by atoms with van der Waals surface area (Å²) in [5, 5.41) is 10.9. The molecule has 7 nitrogen and oxygen atoms in total. The lowest BCUT2D eigenvalue weighted by atomic mass is 10.3. The van der Waals surface area contributed by atoms with Gasteiger partial charge in [-0.3, -0.25) is 4.79 Å². The van der Waals surface area contributed by atoms with Crippen LogP contribution in [-0.4, -0.2) is 42.4 Å². The fraction of sp³-hybridized carbons (Fsp3) is 0.222. The Balaban J connectivity index is 2.70. The molecule has 0 aromatic carbocycles. The molecule has 92 valence electrons. The van der Waals surface area contributed by atoms with E-state index in [1.165, 1.54) is 12.1 Å². The van der Waals surface area contributed by atoms with E-state index >= 15 is 0 Å². The maximum Gasteiger partial charge on any atom is 0.354 e. The molecule has 0 saturated carbocycles. The van der Waals surface area contributed by atoms with E-state index in [0.717, 1.165) is 12.5 Å². The fourth-order valence-corrected chi connectivity index (χ4v) is 1.58. The summed E-state index contributed by atoms with van der Waals surface area (Å²) in [6.45, 7) is 0. The Morgan fingerprint density at radius 3 is 2.47 bits per heavy atom. The lowest BCUT2D eigenvalue weighted by molar-refractivity contribution is -0.113. The summed E-state index contributed by atoms with van der Waals surface area (Å²) in [5.41, 5.74) is 0.0785. The number of hydrogen-bond donors (Lipinski definition) is 2. The third-order valence-electron chi connectivity index (χ3n) is 1.66. The van der Waals surface area contributed by atoms with E-state index in [0.29, 0.717) is 0 Å². The largest absolute Gasteiger partial charge is 0.477 e. The predicted molar refractivity (Wildman–Crippen MR) is 59.5 cm³/mol. The topological polar surface area (TPSA) is 113 Å². The van der Waals surface area contributed by atoms with Crippen molar-refractivity contribution in [3.63, 3.8) is 0 Å². The Morgan fingerprint density at radius 2 is 2.06 bits per heavy atom. The van der Waals surface area contributed by atoms with Crippen molar-refractivity contribution in [1.82, 2.24) is 4.98 Å². The van der Waals surface area contributed by atoms with Gasteiger partial charge in [0.15, 0.2) is 9.84 Å². The highest BCUT2D eigenvalue weighted by Crippen LogP contribution is 2.06. The number of aromatic nitrogens is 1. The molecule has 0 spiro atoms. The highest BCUT2D eigenvalue weighted by Gasteiger charge is 2.11. The molecular formula is C9H10N2O5S. The number of carboxylic acids is 1. The molecular weight excluding hydrogens is 248 g/mol. The van der Waals surface area contributed by atoms with Crippen molar-refractivity contribution in [2.75, 3.05) is 17.3 Å². The number of sulfone groups is 1. The molecule has 0 fully saturated rings. The highest BCUT2D eigenvalue weighted by atomic mass is 32.2. The van der Waals surface area contributed by atoms with Gasteiger partial charge in [-0.2, -0.15) is 0 Å². The average molecular weight is 258 g/mol. The van der Waals surface area contributed by atoms with Crippen LogP contribution in [0, 0.1) is 0 Å². The molecule has 17 heavy (non-hydrogen) atoms. The number of nitrogens with one attached hydrogen (secondary N) is 1. The first-order valence-corrected chi connectivity index (χ1v) is 6.51. The maximum absolute atomic E-state index is 11.2. The zero-order chi connectivity index (χ0) is 13.1. The molecule has 0 radical (unpaired) electrons. The summed E-state index contributed by atoms with van der Waals surface area (Å²) in [4.78, 5) is 25.3. The summed E-state index contributed by atoms with van der Waals surface area (Å²) in [6, 6.07) is 2.54. The van der Waals surface area contributed by atoms with E-state index < -0.39 is 27.5 Å².